The minimum absolute atomic E-state index is 0.319. The minimum Gasteiger partial charge on any atom is -0.282 e. The highest BCUT2D eigenvalue weighted by molar-refractivity contribution is 8.18. The molecule has 1 saturated heterocycles. The molecule has 0 atom stereocenters. The first kappa shape index (κ1) is 12.7. The molecule has 1 aliphatic rings. The van der Waals surface area contributed by atoms with Crippen LogP contribution in [0.4, 0.5) is 4.79 Å². The number of amides is 2. The lowest BCUT2D eigenvalue weighted by molar-refractivity contribution is -0.115. The molecule has 20 heavy (non-hydrogen) atoms. The zero-order valence-corrected chi connectivity index (χ0v) is 11.3. The molecule has 0 aliphatic carbocycles. The summed E-state index contributed by atoms with van der Waals surface area (Å²) in [6, 6.07) is 17.9. The molecule has 0 spiro atoms. The summed E-state index contributed by atoms with van der Waals surface area (Å²) < 4.78 is 0. The predicted molar refractivity (Wildman–Crippen MR) is 81.0 cm³/mol. The van der Waals surface area contributed by atoms with Crippen molar-refractivity contribution >= 4 is 29.0 Å². The molecule has 0 saturated carbocycles. The molecular weight excluding hydrogens is 270 g/mol. The lowest BCUT2D eigenvalue weighted by Crippen LogP contribution is -2.17. The highest BCUT2D eigenvalue weighted by atomic mass is 32.2. The third-order valence-electron chi connectivity index (χ3n) is 2.93. The lowest BCUT2D eigenvalue weighted by Gasteiger charge is -2.03. The fraction of sp³-hybridized carbons (Fsp3) is 0. The number of rotatable bonds is 2. The van der Waals surface area contributed by atoms with Gasteiger partial charge in [0.25, 0.3) is 11.1 Å². The first-order chi connectivity index (χ1) is 9.72. The van der Waals surface area contributed by atoms with Gasteiger partial charge in [0.1, 0.15) is 0 Å². The van der Waals surface area contributed by atoms with Gasteiger partial charge in [0.05, 0.1) is 4.91 Å². The molecular formula is C16H11NO2S. The Balaban J connectivity index is 1.95. The number of hydrogen-bond donors (Lipinski definition) is 1. The maximum absolute atomic E-state index is 11.5. The van der Waals surface area contributed by atoms with Crippen LogP contribution in [0.5, 0.6) is 0 Å². The Morgan fingerprint density at radius 3 is 2.35 bits per heavy atom. The van der Waals surface area contributed by atoms with Crippen LogP contribution in [0.25, 0.3) is 17.2 Å². The van der Waals surface area contributed by atoms with E-state index in [1.165, 1.54) is 0 Å². The SMILES string of the molecule is O=C1NC(=O)/C(=C/c2cccc(-c3ccccc3)c2)S1. The van der Waals surface area contributed by atoms with Gasteiger partial charge in [0.15, 0.2) is 0 Å². The van der Waals surface area contributed by atoms with Crippen molar-refractivity contribution in [3.05, 3.63) is 65.1 Å². The number of carbonyl (C=O) groups is 2. The van der Waals surface area contributed by atoms with E-state index >= 15 is 0 Å². The molecule has 1 N–H and O–H groups in total. The van der Waals surface area contributed by atoms with Gasteiger partial charge in [-0.3, -0.25) is 14.9 Å². The number of thioether (sulfide) groups is 1. The maximum Gasteiger partial charge on any atom is 0.290 e. The van der Waals surface area contributed by atoms with Crippen LogP contribution in [-0.2, 0) is 4.79 Å². The summed E-state index contributed by atoms with van der Waals surface area (Å²) in [5.74, 6) is -0.329. The Kier molecular flexibility index (Phi) is 3.39. The summed E-state index contributed by atoms with van der Waals surface area (Å²) in [6.45, 7) is 0. The van der Waals surface area contributed by atoms with Gasteiger partial charge in [-0.25, -0.2) is 0 Å². The van der Waals surface area contributed by atoms with E-state index in [1.54, 1.807) is 6.08 Å². The van der Waals surface area contributed by atoms with Crippen LogP contribution in [0.2, 0.25) is 0 Å². The monoisotopic (exact) mass is 281 g/mol. The Morgan fingerprint density at radius 2 is 1.65 bits per heavy atom. The summed E-state index contributed by atoms with van der Waals surface area (Å²) in [6.07, 6.45) is 1.73. The molecule has 1 heterocycles. The van der Waals surface area contributed by atoms with Crippen LogP contribution in [0.15, 0.2) is 59.5 Å². The zero-order chi connectivity index (χ0) is 13.9. The number of benzene rings is 2. The number of carbonyl (C=O) groups excluding carboxylic acids is 2. The van der Waals surface area contributed by atoms with Gasteiger partial charge in [-0.2, -0.15) is 0 Å². The van der Waals surface area contributed by atoms with Crippen LogP contribution in [0.3, 0.4) is 0 Å². The van der Waals surface area contributed by atoms with E-state index in [2.05, 4.69) is 5.32 Å². The first-order valence-corrected chi connectivity index (χ1v) is 6.94. The van der Waals surface area contributed by atoms with Gasteiger partial charge in [-0.05, 0) is 40.6 Å². The molecule has 98 valence electrons. The molecule has 0 aromatic heterocycles. The summed E-state index contributed by atoms with van der Waals surface area (Å²) in [4.78, 5) is 23.1. The van der Waals surface area contributed by atoms with Crippen molar-refractivity contribution in [1.29, 1.82) is 0 Å². The molecule has 0 radical (unpaired) electrons. The molecule has 1 aliphatic heterocycles. The van der Waals surface area contributed by atoms with E-state index < -0.39 is 0 Å². The van der Waals surface area contributed by atoms with Gasteiger partial charge in [0.2, 0.25) is 0 Å². The van der Waals surface area contributed by atoms with E-state index in [9.17, 15) is 9.59 Å². The van der Waals surface area contributed by atoms with E-state index in [0.717, 1.165) is 28.5 Å². The van der Waals surface area contributed by atoms with Crippen LogP contribution in [0, 0.1) is 0 Å². The number of hydrogen-bond acceptors (Lipinski definition) is 3. The largest absolute Gasteiger partial charge is 0.290 e. The molecule has 2 aromatic rings. The van der Waals surface area contributed by atoms with Crippen molar-refractivity contribution in [3.8, 4) is 11.1 Å². The minimum atomic E-state index is -0.329. The smallest absolute Gasteiger partial charge is 0.282 e. The van der Waals surface area contributed by atoms with Gasteiger partial charge in [-0.1, -0.05) is 48.5 Å². The van der Waals surface area contributed by atoms with E-state index in [1.807, 2.05) is 54.6 Å². The molecule has 3 nitrogen and oxygen atoms in total. The van der Waals surface area contributed by atoms with Crippen molar-refractivity contribution in [2.24, 2.45) is 0 Å². The predicted octanol–water partition coefficient (Wildman–Crippen LogP) is 3.68. The summed E-state index contributed by atoms with van der Waals surface area (Å²) in [7, 11) is 0. The van der Waals surface area contributed by atoms with Gasteiger partial charge in [0, 0.05) is 0 Å². The fourth-order valence-corrected chi connectivity index (χ4v) is 2.69. The topological polar surface area (TPSA) is 46.2 Å². The molecule has 3 rings (SSSR count). The van der Waals surface area contributed by atoms with Crippen molar-refractivity contribution in [3.63, 3.8) is 0 Å². The molecule has 0 bridgehead atoms. The van der Waals surface area contributed by atoms with E-state index in [-0.39, 0.29) is 11.1 Å². The molecule has 1 fully saturated rings. The molecule has 0 unspecified atom stereocenters. The average molecular weight is 281 g/mol. The van der Waals surface area contributed by atoms with E-state index in [0.29, 0.717) is 4.91 Å². The second-order valence-electron chi connectivity index (χ2n) is 4.34. The Labute approximate surface area is 120 Å². The third kappa shape index (κ3) is 2.65. The average Bonchev–Trinajstić information content (AvgIpc) is 2.78. The van der Waals surface area contributed by atoms with Gasteiger partial charge < -0.3 is 0 Å². The van der Waals surface area contributed by atoms with Crippen molar-refractivity contribution < 1.29 is 9.59 Å². The second kappa shape index (κ2) is 5.35. The Hall–Kier alpha value is -2.33. The highest BCUT2D eigenvalue weighted by Gasteiger charge is 2.24. The Morgan fingerprint density at radius 1 is 0.900 bits per heavy atom. The van der Waals surface area contributed by atoms with Crippen molar-refractivity contribution in [2.45, 2.75) is 0 Å². The number of nitrogens with one attached hydrogen (secondary N) is 1. The zero-order valence-electron chi connectivity index (χ0n) is 10.5. The summed E-state index contributed by atoms with van der Waals surface area (Å²) in [5, 5.41) is 1.93. The van der Waals surface area contributed by atoms with Gasteiger partial charge >= 0.3 is 0 Å². The molecule has 4 heteroatoms. The summed E-state index contributed by atoms with van der Waals surface area (Å²) >= 11 is 0.932. The highest BCUT2D eigenvalue weighted by Crippen LogP contribution is 2.27. The fourth-order valence-electron chi connectivity index (χ4n) is 2.01. The van der Waals surface area contributed by atoms with E-state index in [4.69, 9.17) is 0 Å². The number of imide groups is 1. The van der Waals surface area contributed by atoms with Crippen LogP contribution in [0.1, 0.15) is 5.56 Å². The van der Waals surface area contributed by atoms with Crippen LogP contribution < -0.4 is 5.32 Å². The quantitative estimate of drug-likeness (QED) is 0.854. The Bertz CT molecular complexity index is 707. The first-order valence-electron chi connectivity index (χ1n) is 6.13. The lowest BCUT2D eigenvalue weighted by atomic mass is 10.0. The van der Waals surface area contributed by atoms with Crippen LogP contribution in [-0.4, -0.2) is 11.1 Å². The molecule has 2 aromatic carbocycles. The molecule has 2 amide bonds. The standard InChI is InChI=1S/C16H11NO2S/c18-15-14(20-16(19)17-15)10-11-5-4-8-13(9-11)12-6-2-1-3-7-12/h1-10H,(H,17,18,19)/b14-10-. The van der Waals surface area contributed by atoms with Gasteiger partial charge in [-0.15, -0.1) is 0 Å². The van der Waals surface area contributed by atoms with Crippen molar-refractivity contribution in [1.82, 2.24) is 5.32 Å². The van der Waals surface area contributed by atoms with Crippen LogP contribution >= 0.6 is 11.8 Å². The normalized spacial score (nSPS) is 16.5. The third-order valence-corrected chi connectivity index (χ3v) is 3.74. The van der Waals surface area contributed by atoms with Crippen molar-refractivity contribution in [2.75, 3.05) is 0 Å². The maximum atomic E-state index is 11.5. The summed E-state index contributed by atoms with van der Waals surface area (Å²) in [5.41, 5.74) is 3.10. The second-order valence-corrected chi connectivity index (χ2v) is 5.36.